The van der Waals surface area contributed by atoms with E-state index in [1.807, 2.05) is 54.6 Å². The summed E-state index contributed by atoms with van der Waals surface area (Å²) >= 11 is 0. The Labute approximate surface area is 162 Å². The van der Waals surface area contributed by atoms with Gasteiger partial charge in [0.15, 0.2) is 0 Å². The minimum absolute atomic E-state index is 0.106. The maximum atomic E-state index is 13.1. The van der Waals surface area contributed by atoms with Gasteiger partial charge in [-0.15, -0.1) is 0 Å². The van der Waals surface area contributed by atoms with Crippen LogP contribution < -0.4 is 10.6 Å². The number of phenols is 1. The van der Waals surface area contributed by atoms with Gasteiger partial charge in [-0.05, 0) is 34.4 Å². The molecule has 136 valence electrons. The molecule has 5 rings (SSSR count). The predicted octanol–water partition coefficient (Wildman–Crippen LogP) is 5.02. The van der Waals surface area contributed by atoms with E-state index in [1.54, 1.807) is 12.1 Å². The molecule has 2 aliphatic carbocycles. The Morgan fingerprint density at radius 3 is 1.96 bits per heavy atom. The summed E-state index contributed by atoms with van der Waals surface area (Å²) < 4.78 is 0. The van der Waals surface area contributed by atoms with Crippen LogP contribution in [0.4, 0.5) is 5.69 Å². The van der Waals surface area contributed by atoms with Crippen LogP contribution in [0.25, 0.3) is 22.3 Å². The van der Waals surface area contributed by atoms with Crippen molar-refractivity contribution in [3.63, 3.8) is 0 Å². The smallest absolute Gasteiger partial charge is 0.255 e. The lowest BCUT2D eigenvalue weighted by Gasteiger charge is -2.28. The lowest BCUT2D eigenvalue weighted by molar-refractivity contribution is 0.0937. The predicted molar refractivity (Wildman–Crippen MR) is 110 cm³/mol. The van der Waals surface area contributed by atoms with Gasteiger partial charge >= 0.3 is 0 Å². The Balaban J connectivity index is 1.73. The quantitative estimate of drug-likeness (QED) is 0.467. The second-order valence-electron chi connectivity index (χ2n) is 6.87. The molecule has 0 saturated heterocycles. The Kier molecular flexibility index (Phi) is 3.76. The van der Waals surface area contributed by atoms with Gasteiger partial charge in [0.25, 0.3) is 5.91 Å². The zero-order valence-electron chi connectivity index (χ0n) is 15.0. The molecule has 28 heavy (non-hydrogen) atoms. The number of nitrogens with one attached hydrogen (secondary N) is 2. The van der Waals surface area contributed by atoms with Crippen LogP contribution in [0.2, 0.25) is 0 Å². The van der Waals surface area contributed by atoms with E-state index in [0.29, 0.717) is 5.56 Å². The van der Waals surface area contributed by atoms with Gasteiger partial charge in [0, 0.05) is 5.56 Å². The van der Waals surface area contributed by atoms with Crippen LogP contribution in [0.15, 0.2) is 84.9 Å². The number of rotatable bonds is 2. The molecule has 0 aromatic heterocycles. The molecule has 4 heteroatoms. The fourth-order valence-corrected chi connectivity index (χ4v) is 3.88. The normalized spacial score (nSPS) is 15.6. The van der Waals surface area contributed by atoms with Crippen LogP contribution in [0.5, 0.6) is 5.75 Å². The van der Waals surface area contributed by atoms with Crippen molar-refractivity contribution in [2.45, 2.75) is 6.17 Å². The number of carbonyl (C=O) groups excluding carboxylic acids is 1. The van der Waals surface area contributed by atoms with E-state index in [9.17, 15) is 9.90 Å². The molecule has 0 spiro atoms. The second kappa shape index (κ2) is 6.43. The molecule has 4 nitrogen and oxygen atoms in total. The summed E-state index contributed by atoms with van der Waals surface area (Å²) in [6, 6.07) is 26.9. The first-order valence-corrected chi connectivity index (χ1v) is 9.19. The lowest BCUT2D eigenvalue weighted by atomic mass is 10.0. The third-order valence-corrected chi connectivity index (χ3v) is 5.16. The third-order valence-electron chi connectivity index (χ3n) is 5.16. The first kappa shape index (κ1) is 16.4. The highest BCUT2D eigenvalue weighted by Gasteiger charge is 2.33. The monoisotopic (exact) mass is 366 g/mol. The Morgan fingerprint density at radius 2 is 1.29 bits per heavy atom. The van der Waals surface area contributed by atoms with E-state index < -0.39 is 0 Å². The molecule has 0 bridgehead atoms. The Hall–Kier alpha value is -3.79. The van der Waals surface area contributed by atoms with E-state index in [2.05, 4.69) is 28.8 Å². The van der Waals surface area contributed by atoms with Gasteiger partial charge < -0.3 is 15.7 Å². The zero-order chi connectivity index (χ0) is 19.1. The number of benzene rings is 2. The minimum atomic E-state index is -0.367. The van der Waals surface area contributed by atoms with E-state index >= 15 is 0 Å². The van der Waals surface area contributed by atoms with E-state index in [0.717, 1.165) is 33.5 Å². The number of amides is 1. The van der Waals surface area contributed by atoms with Crippen molar-refractivity contribution < 1.29 is 9.90 Å². The SMILES string of the molecule is O=C1NC(c2ccc(O)cc2)Nc2c1c1cccccc-1c2-c1ccccc1. The van der Waals surface area contributed by atoms with Crippen molar-refractivity contribution in [2.75, 3.05) is 5.32 Å². The summed E-state index contributed by atoms with van der Waals surface area (Å²) in [4.78, 5) is 13.1. The van der Waals surface area contributed by atoms with Crippen LogP contribution in [-0.4, -0.2) is 11.0 Å². The van der Waals surface area contributed by atoms with E-state index in [-0.39, 0.29) is 17.8 Å². The number of anilines is 1. The fourth-order valence-electron chi connectivity index (χ4n) is 3.88. The van der Waals surface area contributed by atoms with Crippen molar-refractivity contribution in [3.05, 3.63) is 96.1 Å². The Bertz CT molecular complexity index is 1140. The number of fused-ring (bicyclic) bond motifs is 3. The number of hydrogen-bond donors (Lipinski definition) is 3. The molecule has 1 heterocycles. The molecule has 0 saturated carbocycles. The molecular formula is C24H18N2O2. The largest absolute Gasteiger partial charge is 0.508 e. The van der Waals surface area contributed by atoms with E-state index in [1.165, 1.54) is 0 Å². The van der Waals surface area contributed by atoms with Crippen molar-refractivity contribution in [1.29, 1.82) is 0 Å². The average molecular weight is 366 g/mol. The molecule has 1 unspecified atom stereocenters. The maximum absolute atomic E-state index is 13.1. The first-order chi connectivity index (χ1) is 13.7. The van der Waals surface area contributed by atoms with Crippen molar-refractivity contribution in [3.8, 4) is 28.0 Å². The van der Waals surface area contributed by atoms with Crippen LogP contribution in [0.3, 0.4) is 0 Å². The van der Waals surface area contributed by atoms with Gasteiger partial charge in [-0.25, -0.2) is 0 Å². The van der Waals surface area contributed by atoms with Gasteiger partial charge in [-0.3, -0.25) is 4.79 Å². The number of phenolic OH excluding ortho intramolecular Hbond substituents is 1. The van der Waals surface area contributed by atoms with Crippen LogP contribution in [0, 0.1) is 0 Å². The third kappa shape index (κ3) is 2.58. The summed E-state index contributed by atoms with van der Waals surface area (Å²) in [6.45, 7) is 0. The number of aromatic hydroxyl groups is 1. The average Bonchev–Trinajstić information content (AvgIpc) is 2.85. The van der Waals surface area contributed by atoms with Gasteiger partial charge in [-0.1, -0.05) is 72.8 Å². The van der Waals surface area contributed by atoms with Crippen molar-refractivity contribution >= 4 is 11.6 Å². The van der Waals surface area contributed by atoms with Crippen LogP contribution in [0.1, 0.15) is 22.1 Å². The number of hydrogen-bond acceptors (Lipinski definition) is 3. The zero-order valence-corrected chi connectivity index (χ0v) is 15.0. The molecule has 1 atom stereocenters. The minimum Gasteiger partial charge on any atom is -0.508 e. The van der Waals surface area contributed by atoms with E-state index in [4.69, 9.17) is 0 Å². The molecule has 3 aliphatic rings. The molecule has 1 aliphatic heterocycles. The summed E-state index contributed by atoms with van der Waals surface area (Å²) in [5, 5.41) is 16.1. The highest BCUT2D eigenvalue weighted by atomic mass is 16.3. The van der Waals surface area contributed by atoms with Gasteiger partial charge in [0.2, 0.25) is 0 Å². The van der Waals surface area contributed by atoms with Gasteiger partial charge in [-0.2, -0.15) is 0 Å². The van der Waals surface area contributed by atoms with Crippen molar-refractivity contribution in [2.24, 2.45) is 0 Å². The molecule has 1 amide bonds. The Morgan fingerprint density at radius 1 is 0.679 bits per heavy atom. The molecule has 2 aromatic rings. The van der Waals surface area contributed by atoms with Crippen molar-refractivity contribution in [1.82, 2.24) is 5.32 Å². The molecular weight excluding hydrogens is 348 g/mol. The molecule has 2 aromatic carbocycles. The summed E-state index contributed by atoms with van der Waals surface area (Å²) in [7, 11) is 0. The summed E-state index contributed by atoms with van der Waals surface area (Å²) in [5.41, 5.74) is 6.44. The lowest BCUT2D eigenvalue weighted by Crippen LogP contribution is -2.38. The highest BCUT2D eigenvalue weighted by Crippen LogP contribution is 2.48. The summed E-state index contributed by atoms with van der Waals surface area (Å²) in [5.74, 6) is 0.0910. The number of carbonyl (C=O) groups is 1. The maximum Gasteiger partial charge on any atom is 0.255 e. The molecule has 0 radical (unpaired) electrons. The first-order valence-electron chi connectivity index (χ1n) is 9.19. The van der Waals surface area contributed by atoms with Gasteiger partial charge in [0.1, 0.15) is 11.9 Å². The molecule has 0 fully saturated rings. The van der Waals surface area contributed by atoms with Gasteiger partial charge in [0.05, 0.1) is 11.3 Å². The molecule has 3 N–H and O–H groups in total. The standard InChI is InChI=1S/C24H18N2O2/c27-17-13-11-16(12-14-17)23-25-22-20(15-7-3-1-4-8-15)18-9-5-2-6-10-19(18)21(22)24(28)26-23/h1-14,23,25,27H,(H,26,28). The second-order valence-corrected chi connectivity index (χ2v) is 6.87. The summed E-state index contributed by atoms with van der Waals surface area (Å²) in [6.07, 6.45) is -0.367. The van der Waals surface area contributed by atoms with Crippen LogP contribution in [-0.2, 0) is 0 Å². The van der Waals surface area contributed by atoms with Crippen LogP contribution >= 0.6 is 0 Å². The topological polar surface area (TPSA) is 61.4 Å². The fraction of sp³-hybridized carbons (Fsp3) is 0.0417. The highest BCUT2D eigenvalue weighted by molar-refractivity contribution is 6.16.